The van der Waals surface area contributed by atoms with Crippen LogP contribution in [0.25, 0.3) is 21.8 Å². The lowest BCUT2D eigenvalue weighted by Crippen LogP contribution is -2.38. The molecule has 0 unspecified atom stereocenters. The number of hydrogen-bond donors (Lipinski definition) is 1. The van der Waals surface area contributed by atoms with Gasteiger partial charge in [-0.15, -0.1) is 0 Å². The second-order valence-corrected chi connectivity index (χ2v) is 8.64. The molecule has 0 radical (unpaired) electrons. The first-order valence-corrected chi connectivity index (χ1v) is 11.7. The Morgan fingerprint density at radius 3 is 2.61 bits per heavy atom. The number of benzene rings is 2. The van der Waals surface area contributed by atoms with Crippen molar-refractivity contribution in [3.8, 4) is 0 Å². The van der Waals surface area contributed by atoms with E-state index in [1.165, 1.54) is 5.56 Å². The van der Waals surface area contributed by atoms with Gasteiger partial charge in [-0.05, 0) is 37.6 Å². The monoisotopic (exact) mass is 442 g/mol. The topological polar surface area (TPSA) is 59.4 Å². The highest BCUT2D eigenvalue weighted by Crippen LogP contribution is 2.31. The van der Waals surface area contributed by atoms with Crippen LogP contribution < -0.4 is 5.32 Å². The molecule has 0 aliphatic carbocycles. The van der Waals surface area contributed by atoms with E-state index in [0.29, 0.717) is 12.2 Å². The number of ether oxygens (including phenoxy) is 1. The molecule has 6 nitrogen and oxygen atoms in total. The summed E-state index contributed by atoms with van der Waals surface area (Å²) in [6, 6.07) is 20.8. The number of aromatic nitrogens is 2. The van der Waals surface area contributed by atoms with Crippen molar-refractivity contribution in [2.24, 2.45) is 0 Å². The highest BCUT2D eigenvalue weighted by molar-refractivity contribution is 6.10. The summed E-state index contributed by atoms with van der Waals surface area (Å²) in [6.07, 6.45) is 0.920. The highest BCUT2D eigenvalue weighted by Gasteiger charge is 2.18. The van der Waals surface area contributed by atoms with Gasteiger partial charge in [-0.3, -0.25) is 9.69 Å². The van der Waals surface area contributed by atoms with Crippen LogP contribution in [0, 0.1) is 6.92 Å². The second kappa shape index (κ2) is 9.73. The van der Waals surface area contributed by atoms with Crippen LogP contribution in [-0.2, 0) is 11.3 Å². The Labute approximate surface area is 194 Å². The van der Waals surface area contributed by atoms with Crippen molar-refractivity contribution in [1.29, 1.82) is 0 Å². The molecule has 170 valence electrons. The molecule has 1 saturated heterocycles. The number of nitrogens with zero attached hydrogens (tertiary/aromatic N) is 3. The van der Waals surface area contributed by atoms with E-state index in [-0.39, 0.29) is 5.91 Å². The predicted octanol–water partition coefficient (Wildman–Crippen LogP) is 4.00. The number of para-hydroxylation sites is 1. The first kappa shape index (κ1) is 21.6. The molecule has 1 aliphatic heterocycles. The molecule has 3 heterocycles. The van der Waals surface area contributed by atoms with E-state index in [2.05, 4.69) is 63.3 Å². The first-order valence-electron chi connectivity index (χ1n) is 11.7. The number of pyridine rings is 1. The minimum Gasteiger partial charge on any atom is -0.379 e. The number of carbonyl (C=O) groups excluding carboxylic acids is 1. The number of amides is 1. The fraction of sp³-hybridized carbons (Fsp3) is 0.333. The lowest BCUT2D eigenvalue weighted by atomic mass is 10.1. The third-order valence-electron chi connectivity index (χ3n) is 6.38. The number of nitrogens with one attached hydrogen (secondary N) is 1. The van der Waals surface area contributed by atoms with Crippen molar-refractivity contribution < 1.29 is 9.53 Å². The molecule has 0 saturated carbocycles. The summed E-state index contributed by atoms with van der Waals surface area (Å²) < 4.78 is 7.70. The molecule has 1 fully saturated rings. The van der Waals surface area contributed by atoms with Crippen LogP contribution in [0.5, 0.6) is 0 Å². The maximum Gasteiger partial charge on any atom is 0.269 e. The van der Waals surface area contributed by atoms with Gasteiger partial charge in [0, 0.05) is 42.5 Å². The van der Waals surface area contributed by atoms with Gasteiger partial charge in [0.15, 0.2) is 0 Å². The Morgan fingerprint density at radius 1 is 1.03 bits per heavy atom. The van der Waals surface area contributed by atoms with E-state index < -0.39 is 0 Å². The number of hydrogen-bond acceptors (Lipinski definition) is 4. The average molecular weight is 443 g/mol. The van der Waals surface area contributed by atoms with E-state index in [1.54, 1.807) is 0 Å². The third kappa shape index (κ3) is 4.63. The lowest BCUT2D eigenvalue weighted by Gasteiger charge is -2.26. The SMILES string of the molecule is Cc1nc(C(=O)NCCCN2CCOCC2)cc2c3ccccc3n(Cc3ccccc3)c12. The number of rotatable bonds is 7. The third-order valence-corrected chi connectivity index (χ3v) is 6.38. The van der Waals surface area contributed by atoms with Crippen LogP contribution in [-0.4, -0.2) is 59.8 Å². The second-order valence-electron chi connectivity index (χ2n) is 8.64. The molecule has 6 heteroatoms. The molecule has 1 N–H and O–H groups in total. The summed E-state index contributed by atoms with van der Waals surface area (Å²) in [6.45, 7) is 7.92. The van der Waals surface area contributed by atoms with Crippen LogP contribution >= 0.6 is 0 Å². The molecule has 2 aromatic carbocycles. The largest absolute Gasteiger partial charge is 0.379 e. The van der Waals surface area contributed by atoms with Crippen molar-refractivity contribution >= 4 is 27.7 Å². The molecule has 0 atom stereocenters. The Balaban J connectivity index is 1.39. The zero-order valence-electron chi connectivity index (χ0n) is 19.1. The van der Waals surface area contributed by atoms with E-state index in [1.807, 2.05) is 19.1 Å². The highest BCUT2D eigenvalue weighted by atomic mass is 16.5. The molecule has 0 bridgehead atoms. The zero-order chi connectivity index (χ0) is 22.6. The average Bonchev–Trinajstić information content (AvgIpc) is 3.17. The summed E-state index contributed by atoms with van der Waals surface area (Å²) in [5.74, 6) is -0.109. The molecular formula is C27H30N4O2. The summed E-state index contributed by atoms with van der Waals surface area (Å²) in [5.41, 5.74) is 4.84. The van der Waals surface area contributed by atoms with Crippen LogP contribution in [0.15, 0.2) is 60.7 Å². The van der Waals surface area contributed by atoms with Crippen molar-refractivity contribution in [1.82, 2.24) is 19.8 Å². The van der Waals surface area contributed by atoms with Gasteiger partial charge in [0.25, 0.3) is 5.91 Å². The maximum absolute atomic E-state index is 12.9. The number of aryl methyl sites for hydroxylation is 1. The summed E-state index contributed by atoms with van der Waals surface area (Å²) in [4.78, 5) is 20.0. The van der Waals surface area contributed by atoms with E-state index in [0.717, 1.165) is 73.3 Å². The van der Waals surface area contributed by atoms with Gasteiger partial charge in [-0.2, -0.15) is 0 Å². The lowest BCUT2D eigenvalue weighted by molar-refractivity contribution is 0.0374. The normalized spacial score (nSPS) is 14.7. The van der Waals surface area contributed by atoms with Crippen LogP contribution in [0.3, 0.4) is 0 Å². The fourth-order valence-corrected chi connectivity index (χ4v) is 4.74. The fourth-order valence-electron chi connectivity index (χ4n) is 4.74. The Morgan fingerprint density at radius 2 is 1.79 bits per heavy atom. The van der Waals surface area contributed by atoms with Gasteiger partial charge >= 0.3 is 0 Å². The minimum absolute atomic E-state index is 0.109. The van der Waals surface area contributed by atoms with Crippen LogP contribution in [0.1, 0.15) is 28.2 Å². The van der Waals surface area contributed by atoms with E-state index in [9.17, 15) is 4.79 Å². The molecule has 5 rings (SSSR count). The van der Waals surface area contributed by atoms with Crippen LogP contribution in [0.2, 0.25) is 0 Å². The van der Waals surface area contributed by atoms with Gasteiger partial charge in [-0.25, -0.2) is 4.98 Å². The molecule has 4 aromatic rings. The number of fused-ring (bicyclic) bond motifs is 3. The zero-order valence-corrected chi connectivity index (χ0v) is 19.1. The van der Waals surface area contributed by atoms with E-state index in [4.69, 9.17) is 9.72 Å². The molecule has 0 spiro atoms. The minimum atomic E-state index is -0.109. The standard InChI is InChI=1S/C27H30N4O2/c1-20-26-23(18-24(29-20)27(32)28-12-7-13-30-14-16-33-17-15-30)22-10-5-6-11-25(22)31(26)19-21-8-3-2-4-9-21/h2-6,8-11,18H,7,12-17,19H2,1H3,(H,28,32). The molecular weight excluding hydrogens is 412 g/mol. The Kier molecular flexibility index (Phi) is 6.37. The van der Waals surface area contributed by atoms with Gasteiger partial charge in [0.1, 0.15) is 5.69 Å². The summed E-state index contributed by atoms with van der Waals surface area (Å²) in [7, 11) is 0. The number of morpholine rings is 1. The number of carbonyl (C=O) groups is 1. The van der Waals surface area contributed by atoms with Gasteiger partial charge in [-0.1, -0.05) is 48.5 Å². The van der Waals surface area contributed by atoms with Crippen molar-refractivity contribution in [3.63, 3.8) is 0 Å². The Bertz CT molecular complexity index is 1260. The summed E-state index contributed by atoms with van der Waals surface area (Å²) in [5, 5.41) is 5.28. The van der Waals surface area contributed by atoms with Gasteiger partial charge < -0.3 is 14.6 Å². The quantitative estimate of drug-likeness (QED) is 0.440. The smallest absolute Gasteiger partial charge is 0.269 e. The summed E-state index contributed by atoms with van der Waals surface area (Å²) >= 11 is 0. The van der Waals surface area contributed by atoms with E-state index >= 15 is 0 Å². The van der Waals surface area contributed by atoms with Crippen molar-refractivity contribution in [2.75, 3.05) is 39.4 Å². The molecule has 1 amide bonds. The van der Waals surface area contributed by atoms with Gasteiger partial charge in [0.05, 0.1) is 24.4 Å². The molecule has 1 aliphatic rings. The molecule has 33 heavy (non-hydrogen) atoms. The Hall–Kier alpha value is -3.22. The predicted molar refractivity (Wildman–Crippen MR) is 132 cm³/mol. The van der Waals surface area contributed by atoms with Gasteiger partial charge in [0.2, 0.25) is 0 Å². The van der Waals surface area contributed by atoms with Crippen LogP contribution in [0.4, 0.5) is 0 Å². The first-order chi connectivity index (χ1) is 16.2. The van der Waals surface area contributed by atoms with Crippen molar-refractivity contribution in [2.45, 2.75) is 19.9 Å². The maximum atomic E-state index is 12.9. The molecule has 2 aromatic heterocycles. The van der Waals surface area contributed by atoms with Crippen molar-refractivity contribution in [3.05, 3.63) is 77.6 Å².